The molecular formula is C19H22N4O2. The second-order valence-electron chi connectivity index (χ2n) is 5.83. The van der Waals surface area contributed by atoms with Gasteiger partial charge in [-0.25, -0.2) is 9.67 Å². The first-order valence-electron chi connectivity index (χ1n) is 8.12. The number of hydrogen-bond donors (Lipinski definition) is 1. The zero-order valence-electron chi connectivity index (χ0n) is 14.4. The van der Waals surface area contributed by atoms with Crippen molar-refractivity contribution in [1.29, 1.82) is 0 Å². The predicted molar refractivity (Wildman–Crippen MR) is 95.6 cm³/mol. The third-order valence-corrected chi connectivity index (χ3v) is 4.16. The van der Waals surface area contributed by atoms with Gasteiger partial charge in [-0.2, -0.15) is 0 Å². The Balaban J connectivity index is 1.71. The molecule has 1 unspecified atom stereocenters. The van der Waals surface area contributed by atoms with Gasteiger partial charge in [-0.15, -0.1) is 5.10 Å². The Hall–Kier alpha value is -2.70. The number of methoxy groups -OCH3 is 1. The average molecular weight is 338 g/mol. The molecule has 6 heteroatoms. The number of benzene rings is 2. The molecule has 0 amide bonds. The lowest BCUT2D eigenvalue weighted by molar-refractivity contribution is 0.140. The maximum absolute atomic E-state index is 9.82. The quantitative estimate of drug-likeness (QED) is 0.717. The zero-order valence-corrected chi connectivity index (χ0v) is 14.4. The van der Waals surface area contributed by atoms with Gasteiger partial charge in [0.2, 0.25) is 0 Å². The predicted octanol–water partition coefficient (Wildman–Crippen LogP) is 2.44. The van der Waals surface area contributed by atoms with E-state index in [4.69, 9.17) is 4.74 Å². The molecule has 0 saturated heterocycles. The van der Waals surface area contributed by atoms with Gasteiger partial charge in [0.1, 0.15) is 12.1 Å². The summed E-state index contributed by atoms with van der Waals surface area (Å²) in [4.78, 5) is 6.41. The Labute approximate surface area is 147 Å². The molecule has 0 saturated carbocycles. The van der Waals surface area contributed by atoms with Gasteiger partial charge in [0.15, 0.2) is 5.82 Å². The Morgan fingerprint density at radius 2 is 1.84 bits per heavy atom. The van der Waals surface area contributed by atoms with Gasteiger partial charge in [0.25, 0.3) is 0 Å². The molecule has 1 N–H and O–H groups in total. The Bertz CT molecular complexity index is 787. The minimum absolute atomic E-state index is 0.0161. The molecule has 130 valence electrons. The molecule has 0 aliphatic heterocycles. The van der Waals surface area contributed by atoms with Crippen molar-refractivity contribution >= 4 is 0 Å². The van der Waals surface area contributed by atoms with E-state index >= 15 is 0 Å². The maximum Gasteiger partial charge on any atom is 0.165 e. The first-order valence-corrected chi connectivity index (χ1v) is 8.12. The molecule has 0 radical (unpaired) electrons. The van der Waals surface area contributed by atoms with Crippen LogP contribution in [0, 0.1) is 0 Å². The van der Waals surface area contributed by atoms with Crippen LogP contribution in [0.5, 0.6) is 5.75 Å². The second kappa shape index (κ2) is 7.92. The molecule has 3 aromatic rings. The van der Waals surface area contributed by atoms with Crippen LogP contribution in [-0.4, -0.2) is 45.5 Å². The van der Waals surface area contributed by atoms with Gasteiger partial charge in [-0.1, -0.05) is 30.3 Å². The summed E-state index contributed by atoms with van der Waals surface area (Å²) >= 11 is 0. The van der Waals surface area contributed by atoms with Crippen molar-refractivity contribution in [2.45, 2.75) is 12.6 Å². The SMILES string of the molecule is COc1ccc(C(CO)N(C)Cc2ncn(-c3ccccc3)n2)cc1. The van der Waals surface area contributed by atoms with E-state index in [0.717, 1.165) is 17.0 Å². The smallest absolute Gasteiger partial charge is 0.165 e. The fourth-order valence-electron chi connectivity index (χ4n) is 2.73. The first kappa shape index (κ1) is 17.1. The van der Waals surface area contributed by atoms with E-state index in [-0.39, 0.29) is 12.6 Å². The molecule has 0 bridgehead atoms. The third kappa shape index (κ3) is 4.04. The van der Waals surface area contributed by atoms with E-state index < -0.39 is 0 Å². The number of aliphatic hydroxyl groups excluding tert-OH is 1. The summed E-state index contributed by atoms with van der Waals surface area (Å²) in [6.07, 6.45) is 1.71. The first-order chi connectivity index (χ1) is 12.2. The highest BCUT2D eigenvalue weighted by atomic mass is 16.5. The summed E-state index contributed by atoms with van der Waals surface area (Å²) in [5, 5.41) is 14.3. The lowest BCUT2D eigenvalue weighted by atomic mass is 10.1. The molecular weight excluding hydrogens is 316 g/mol. The van der Waals surface area contributed by atoms with Crippen molar-refractivity contribution < 1.29 is 9.84 Å². The van der Waals surface area contributed by atoms with Gasteiger partial charge < -0.3 is 9.84 Å². The molecule has 1 heterocycles. The average Bonchev–Trinajstić information content (AvgIpc) is 3.12. The summed E-state index contributed by atoms with van der Waals surface area (Å²) in [6, 6.07) is 17.5. The molecule has 25 heavy (non-hydrogen) atoms. The summed E-state index contributed by atoms with van der Waals surface area (Å²) < 4.78 is 6.94. The van der Waals surface area contributed by atoms with Crippen molar-refractivity contribution in [3.05, 3.63) is 72.3 Å². The monoisotopic (exact) mass is 338 g/mol. The number of aliphatic hydroxyl groups is 1. The molecule has 0 aliphatic carbocycles. The molecule has 6 nitrogen and oxygen atoms in total. The largest absolute Gasteiger partial charge is 0.497 e. The molecule has 2 aromatic carbocycles. The standard InChI is InChI=1S/C19H22N4O2/c1-22(18(13-24)15-8-10-17(25-2)11-9-15)12-19-20-14-23(21-19)16-6-4-3-5-7-16/h3-11,14,18,24H,12-13H2,1-2H3. The number of hydrogen-bond acceptors (Lipinski definition) is 5. The highest BCUT2D eigenvalue weighted by Crippen LogP contribution is 2.22. The van der Waals surface area contributed by atoms with Crippen LogP contribution in [0.15, 0.2) is 60.9 Å². The van der Waals surface area contributed by atoms with Crippen molar-refractivity contribution in [1.82, 2.24) is 19.7 Å². The molecule has 1 atom stereocenters. The van der Waals surface area contributed by atoms with E-state index in [9.17, 15) is 5.11 Å². The van der Waals surface area contributed by atoms with Crippen LogP contribution in [0.25, 0.3) is 5.69 Å². The van der Waals surface area contributed by atoms with Crippen LogP contribution in [0.3, 0.4) is 0 Å². The van der Waals surface area contributed by atoms with Gasteiger partial charge in [-0.05, 0) is 36.9 Å². The fraction of sp³-hybridized carbons (Fsp3) is 0.263. The number of aromatic nitrogens is 3. The van der Waals surface area contributed by atoms with Crippen LogP contribution in [0.4, 0.5) is 0 Å². The van der Waals surface area contributed by atoms with Gasteiger partial charge >= 0.3 is 0 Å². The van der Waals surface area contributed by atoms with Crippen LogP contribution in [0.2, 0.25) is 0 Å². The fourth-order valence-corrected chi connectivity index (χ4v) is 2.73. The van der Waals surface area contributed by atoms with E-state index in [0.29, 0.717) is 12.4 Å². The van der Waals surface area contributed by atoms with Crippen LogP contribution in [-0.2, 0) is 6.54 Å². The van der Waals surface area contributed by atoms with E-state index in [1.807, 2.05) is 66.5 Å². The van der Waals surface area contributed by atoms with Crippen molar-refractivity contribution in [2.24, 2.45) is 0 Å². The number of rotatable bonds is 7. The lowest BCUT2D eigenvalue weighted by Crippen LogP contribution is -2.27. The topological polar surface area (TPSA) is 63.4 Å². The third-order valence-electron chi connectivity index (χ3n) is 4.16. The van der Waals surface area contributed by atoms with E-state index in [2.05, 4.69) is 10.1 Å². The molecule has 0 spiro atoms. The van der Waals surface area contributed by atoms with Crippen LogP contribution >= 0.6 is 0 Å². The normalized spacial score (nSPS) is 12.3. The lowest BCUT2D eigenvalue weighted by Gasteiger charge is -2.25. The second-order valence-corrected chi connectivity index (χ2v) is 5.83. The number of nitrogens with zero attached hydrogens (tertiary/aromatic N) is 4. The van der Waals surface area contributed by atoms with E-state index in [1.54, 1.807) is 18.1 Å². The Morgan fingerprint density at radius 1 is 1.12 bits per heavy atom. The number of para-hydroxylation sites is 1. The summed E-state index contributed by atoms with van der Waals surface area (Å²) in [5.41, 5.74) is 1.99. The van der Waals surface area contributed by atoms with E-state index in [1.165, 1.54) is 0 Å². The molecule has 0 aliphatic rings. The van der Waals surface area contributed by atoms with Crippen LogP contribution in [0.1, 0.15) is 17.4 Å². The highest BCUT2D eigenvalue weighted by molar-refractivity contribution is 5.30. The highest BCUT2D eigenvalue weighted by Gasteiger charge is 2.18. The van der Waals surface area contributed by atoms with Crippen molar-refractivity contribution in [3.63, 3.8) is 0 Å². The maximum atomic E-state index is 9.82. The summed E-state index contributed by atoms with van der Waals surface area (Å²) in [7, 11) is 3.59. The Morgan fingerprint density at radius 3 is 2.48 bits per heavy atom. The van der Waals surface area contributed by atoms with Gasteiger partial charge in [-0.3, -0.25) is 4.90 Å². The zero-order chi connectivity index (χ0) is 17.6. The van der Waals surface area contributed by atoms with Crippen molar-refractivity contribution in [2.75, 3.05) is 20.8 Å². The van der Waals surface area contributed by atoms with Crippen molar-refractivity contribution in [3.8, 4) is 11.4 Å². The molecule has 1 aromatic heterocycles. The number of ether oxygens (including phenoxy) is 1. The van der Waals surface area contributed by atoms with Crippen LogP contribution < -0.4 is 4.74 Å². The van der Waals surface area contributed by atoms with Gasteiger partial charge in [0, 0.05) is 0 Å². The molecule has 3 rings (SSSR count). The molecule has 0 fully saturated rings. The summed E-state index contributed by atoms with van der Waals surface area (Å²) in [6.45, 7) is 0.555. The summed E-state index contributed by atoms with van der Waals surface area (Å²) in [5.74, 6) is 1.50. The minimum atomic E-state index is -0.130. The van der Waals surface area contributed by atoms with Gasteiger partial charge in [0.05, 0.1) is 32.0 Å². The number of likely N-dealkylation sites (N-methyl/N-ethyl adjacent to an activating group) is 1. The Kier molecular flexibility index (Phi) is 5.42. The minimum Gasteiger partial charge on any atom is -0.497 e.